The predicted octanol–water partition coefficient (Wildman–Crippen LogP) is 2.28. The maximum absolute atomic E-state index is 10.6. The van der Waals surface area contributed by atoms with Gasteiger partial charge in [-0.2, -0.15) is 0 Å². The van der Waals surface area contributed by atoms with Crippen molar-refractivity contribution >= 4 is 6.29 Å². The number of carbonyl (C=O) groups is 1. The van der Waals surface area contributed by atoms with Crippen molar-refractivity contribution in [2.45, 2.75) is 38.0 Å². The van der Waals surface area contributed by atoms with E-state index in [9.17, 15) is 4.79 Å². The van der Waals surface area contributed by atoms with E-state index in [0.29, 0.717) is 11.7 Å². The van der Waals surface area contributed by atoms with Crippen LogP contribution in [0.15, 0.2) is 6.20 Å². The van der Waals surface area contributed by atoms with Crippen molar-refractivity contribution in [1.29, 1.82) is 0 Å². The first-order valence-corrected chi connectivity index (χ1v) is 5.29. The number of imidazole rings is 1. The lowest BCUT2D eigenvalue weighted by Crippen LogP contribution is -2.04. The van der Waals surface area contributed by atoms with Crippen molar-refractivity contribution in [2.75, 3.05) is 0 Å². The highest BCUT2D eigenvalue weighted by atomic mass is 16.1. The fraction of sp³-hybridized carbons (Fsp3) is 0.636. The molecule has 0 aromatic carbocycles. The first kappa shape index (κ1) is 9.44. The summed E-state index contributed by atoms with van der Waals surface area (Å²) in [5.41, 5.74) is 1.11. The molecule has 0 spiro atoms. The van der Waals surface area contributed by atoms with E-state index in [-0.39, 0.29) is 0 Å². The van der Waals surface area contributed by atoms with Crippen molar-refractivity contribution in [3.8, 4) is 0 Å². The van der Waals surface area contributed by atoms with Gasteiger partial charge in [-0.15, -0.1) is 0 Å². The van der Waals surface area contributed by atoms with E-state index in [4.69, 9.17) is 0 Å². The highest BCUT2D eigenvalue weighted by molar-refractivity contribution is 5.69. The average Bonchev–Trinajstić information content (AvgIpc) is 2.61. The summed E-state index contributed by atoms with van der Waals surface area (Å²) in [5, 5.41) is 0. The fourth-order valence-corrected chi connectivity index (χ4v) is 2.21. The van der Waals surface area contributed by atoms with Crippen LogP contribution in [0.4, 0.5) is 0 Å². The standard InChI is InChI=1S/C11H16N2O/c1-13-7-10(12-11(13)8-14)9-5-3-2-4-6-9/h7-9H,2-6H2,1H3. The van der Waals surface area contributed by atoms with Crippen molar-refractivity contribution < 1.29 is 4.79 Å². The van der Waals surface area contributed by atoms with Crippen LogP contribution in [0.5, 0.6) is 0 Å². The second-order valence-corrected chi connectivity index (χ2v) is 4.09. The summed E-state index contributed by atoms with van der Waals surface area (Å²) in [6.45, 7) is 0. The van der Waals surface area contributed by atoms with Crippen LogP contribution in [-0.4, -0.2) is 15.8 Å². The van der Waals surface area contributed by atoms with Gasteiger partial charge in [0.2, 0.25) is 0 Å². The molecule has 0 N–H and O–H groups in total. The summed E-state index contributed by atoms with van der Waals surface area (Å²) in [4.78, 5) is 15.0. The summed E-state index contributed by atoms with van der Waals surface area (Å²) in [6.07, 6.45) is 9.25. The Morgan fingerprint density at radius 2 is 2.14 bits per heavy atom. The lowest BCUT2D eigenvalue weighted by atomic mass is 9.87. The van der Waals surface area contributed by atoms with E-state index in [2.05, 4.69) is 4.98 Å². The molecule has 0 amide bonds. The minimum Gasteiger partial charge on any atom is -0.332 e. The second-order valence-electron chi connectivity index (χ2n) is 4.09. The molecular formula is C11H16N2O. The quantitative estimate of drug-likeness (QED) is 0.674. The minimum atomic E-state index is 0.547. The Labute approximate surface area is 84.1 Å². The molecule has 0 bridgehead atoms. The van der Waals surface area contributed by atoms with Crippen LogP contribution in [0.1, 0.15) is 54.3 Å². The lowest BCUT2D eigenvalue weighted by molar-refractivity contribution is 0.111. The smallest absolute Gasteiger partial charge is 0.185 e. The first-order chi connectivity index (χ1) is 6.81. The second kappa shape index (κ2) is 3.95. The van der Waals surface area contributed by atoms with E-state index in [0.717, 1.165) is 12.0 Å². The molecule has 1 saturated carbocycles. The van der Waals surface area contributed by atoms with Crippen LogP contribution in [0, 0.1) is 0 Å². The average molecular weight is 192 g/mol. The third kappa shape index (κ3) is 1.72. The molecule has 0 unspecified atom stereocenters. The number of rotatable bonds is 2. The number of carbonyl (C=O) groups excluding carboxylic acids is 1. The molecule has 1 aliphatic rings. The molecule has 2 rings (SSSR count). The van der Waals surface area contributed by atoms with Gasteiger partial charge in [0.1, 0.15) is 0 Å². The van der Waals surface area contributed by atoms with Crippen LogP contribution in [0.25, 0.3) is 0 Å². The van der Waals surface area contributed by atoms with Gasteiger partial charge in [-0.25, -0.2) is 4.98 Å². The van der Waals surface area contributed by atoms with Gasteiger partial charge in [-0.05, 0) is 12.8 Å². The molecule has 1 aliphatic carbocycles. The minimum absolute atomic E-state index is 0.547. The van der Waals surface area contributed by atoms with Crippen LogP contribution in [0.2, 0.25) is 0 Å². The Kier molecular flexibility index (Phi) is 2.66. The molecule has 0 radical (unpaired) electrons. The molecule has 3 nitrogen and oxygen atoms in total. The summed E-state index contributed by atoms with van der Waals surface area (Å²) in [5.74, 6) is 1.13. The van der Waals surface area contributed by atoms with Gasteiger partial charge in [0.15, 0.2) is 12.1 Å². The molecule has 0 aliphatic heterocycles. The van der Waals surface area contributed by atoms with Crippen LogP contribution < -0.4 is 0 Å². The van der Waals surface area contributed by atoms with Gasteiger partial charge >= 0.3 is 0 Å². The zero-order chi connectivity index (χ0) is 9.97. The van der Waals surface area contributed by atoms with E-state index in [1.54, 1.807) is 0 Å². The summed E-state index contributed by atoms with van der Waals surface area (Å²) in [7, 11) is 1.88. The van der Waals surface area contributed by atoms with Crippen molar-refractivity contribution in [3.05, 3.63) is 17.7 Å². The molecule has 0 atom stereocenters. The molecule has 3 heteroatoms. The molecule has 0 saturated heterocycles. The zero-order valence-corrected chi connectivity index (χ0v) is 8.57. The van der Waals surface area contributed by atoms with Gasteiger partial charge in [0.25, 0.3) is 0 Å². The number of hydrogen-bond donors (Lipinski definition) is 0. The lowest BCUT2D eigenvalue weighted by Gasteiger charge is -2.19. The summed E-state index contributed by atoms with van der Waals surface area (Å²) < 4.78 is 1.82. The zero-order valence-electron chi connectivity index (χ0n) is 8.57. The largest absolute Gasteiger partial charge is 0.332 e. The van der Waals surface area contributed by atoms with E-state index < -0.39 is 0 Å². The fourth-order valence-electron chi connectivity index (χ4n) is 2.21. The predicted molar refractivity (Wildman–Crippen MR) is 54.4 cm³/mol. The molecule has 1 heterocycles. The van der Waals surface area contributed by atoms with Crippen molar-refractivity contribution in [2.24, 2.45) is 7.05 Å². The highest BCUT2D eigenvalue weighted by Crippen LogP contribution is 2.31. The van der Waals surface area contributed by atoms with E-state index in [1.165, 1.54) is 32.1 Å². The van der Waals surface area contributed by atoms with Crippen molar-refractivity contribution in [1.82, 2.24) is 9.55 Å². The number of hydrogen-bond acceptors (Lipinski definition) is 2. The number of nitrogens with zero attached hydrogens (tertiary/aromatic N) is 2. The van der Waals surface area contributed by atoms with Crippen molar-refractivity contribution in [3.63, 3.8) is 0 Å². The third-order valence-electron chi connectivity index (χ3n) is 3.06. The maximum atomic E-state index is 10.6. The van der Waals surface area contributed by atoms with Gasteiger partial charge in [-0.1, -0.05) is 19.3 Å². The SMILES string of the molecule is Cn1cc(C2CCCCC2)nc1C=O. The van der Waals surface area contributed by atoms with Gasteiger partial charge in [0, 0.05) is 19.2 Å². The molecule has 1 aromatic rings. The normalized spacial score (nSPS) is 18.4. The van der Waals surface area contributed by atoms with Crippen LogP contribution in [0.3, 0.4) is 0 Å². The Balaban J connectivity index is 2.18. The molecule has 76 valence electrons. The van der Waals surface area contributed by atoms with E-state index >= 15 is 0 Å². The van der Waals surface area contributed by atoms with Gasteiger partial charge < -0.3 is 4.57 Å². The monoisotopic (exact) mass is 192 g/mol. The highest BCUT2D eigenvalue weighted by Gasteiger charge is 2.18. The number of aromatic nitrogens is 2. The Morgan fingerprint density at radius 3 is 2.71 bits per heavy atom. The Morgan fingerprint density at radius 1 is 1.43 bits per heavy atom. The summed E-state index contributed by atoms with van der Waals surface area (Å²) in [6, 6.07) is 0. The molecule has 1 fully saturated rings. The number of aryl methyl sites for hydroxylation is 1. The third-order valence-corrected chi connectivity index (χ3v) is 3.06. The van der Waals surface area contributed by atoms with Gasteiger partial charge in [-0.3, -0.25) is 4.79 Å². The Hall–Kier alpha value is -1.12. The van der Waals surface area contributed by atoms with Crippen LogP contribution in [-0.2, 0) is 7.05 Å². The van der Waals surface area contributed by atoms with Crippen LogP contribution >= 0.6 is 0 Å². The molecule has 1 aromatic heterocycles. The molecular weight excluding hydrogens is 176 g/mol. The topological polar surface area (TPSA) is 34.9 Å². The van der Waals surface area contributed by atoms with Gasteiger partial charge in [0.05, 0.1) is 5.69 Å². The first-order valence-electron chi connectivity index (χ1n) is 5.29. The summed E-state index contributed by atoms with van der Waals surface area (Å²) >= 11 is 0. The number of aldehydes is 1. The molecule has 14 heavy (non-hydrogen) atoms. The van der Waals surface area contributed by atoms with E-state index in [1.807, 2.05) is 17.8 Å². The maximum Gasteiger partial charge on any atom is 0.185 e. The Bertz CT molecular complexity index is 324.